The molecule has 2 aromatic carbocycles. The minimum absolute atomic E-state index is 0.0580. The number of hydrogen-bond donors (Lipinski definition) is 4. The number of methoxy groups -OCH3 is 4. The number of nitrogens with one attached hydrogen (secondary N) is 2. The van der Waals surface area contributed by atoms with Gasteiger partial charge in [-0.3, -0.25) is 14.4 Å². The van der Waals surface area contributed by atoms with E-state index in [1.165, 1.54) is 52.7 Å². The second-order valence-corrected chi connectivity index (χ2v) is 8.90. The smallest absolute Gasteiger partial charge is 0.339 e. The Morgan fingerprint density at radius 1 is 0.800 bits per heavy atom. The standard InChI is InChI=1S/C27H34N4O9/c1-37-20-13-22(39-3)18(11-16(20)24(32)29-8-7-28)26(34)31-9-5-15(6-10-31)30-25(33)17-12-19(27(35)36)23(40-4)14-21(17)38-2/h11-15H,5-10,28H2,1-4H3,(H,29,32)(H,30,33)(H,35,36). The van der Waals surface area contributed by atoms with Gasteiger partial charge in [0.05, 0.1) is 45.1 Å². The minimum Gasteiger partial charge on any atom is -0.496 e. The number of carbonyl (C=O) groups excluding carboxylic acids is 3. The van der Waals surface area contributed by atoms with Crippen molar-refractivity contribution in [2.45, 2.75) is 18.9 Å². The first-order valence-electron chi connectivity index (χ1n) is 12.5. The van der Waals surface area contributed by atoms with Crippen LogP contribution in [0.25, 0.3) is 0 Å². The van der Waals surface area contributed by atoms with Crippen LogP contribution in [0.15, 0.2) is 24.3 Å². The summed E-state index contributed by atoms with van der Waals surface area (Å²) < 4.78 is 21.1. The molecule has 1 heterocycles. The van der Waals surface area contributed by atoms with Crippen molar-refractivity contribution in [1.82, 2.24) is 15.5 Å². The van der Waals surface area contributed by atoms with Gasteiger partial charge in [0.2, 0.25) is 0 Å². The number of carbonyl (C=O) groups is 4. The Morgan fingerprint density at radius 3 is 1.77 bits per heavy atom. The Morgan fingerprint density at radius 2 is 1.27 bits per heavy atom. The molecule has 2 aromatic rings. The normalized spacial score (nSPS) is 13.3. The average Bonchev–Trinajstić information content (AvgIpc) is 2.98. The third kappa shape index (κ3) is 6.54. The lowest BCUT2D eigenvalue weighted by molar-refractivity contribution is 0.0685. The fourth-order valence-corrected chi connectivity index (χ4v) is 4.43. The van der Waals surface area contributed by atoms with Gasteiger partial charge >= 0.3 is 5.97 Å². The van der Waals surface area contributed by atoms with Gasteiger partial charge < -0.3 is 45.3 Å². The molecule has 0 atom stereocenters. The summed E-state index contributed by atoms with van der Waals surface area (Å²) in [5.74, 6) is -1.75. The van der Waals surface area contributed by atoms with Crippen LogP contribution in [-0.4, -0.2) is 94.4 Å². The summed E-state index contributed by atoms with van der Waals surface area (Å²) in [5.41, 5.74) is 5.75. The molecule has 216 valence electrons. The highest BCUT2D eigenvalue weighted by atomic mass is 16.5. The lowest BCUT2D eigenvalue weighted by Gasteiger charge is -2.33. The number of aromatic carboxylic acids is 1. The largest absolute Gasteiger partial charge is 0.496 e. The molecule has 13 heteroatoms. The fourth-order valence-electron chi connectivity index (χ4n) is 4.43. The van der Waals surface area contributed by atoms with Crippen molar-refractivity contribution >= 4 is 23.7 Å². The molecule has 0 unspecified atom stereocenters. The summed E-state index contributed by atoms with van der Waals surface area (Å²) in [6.45, 7) is 1.17. The number of rotatable bonds is 11. The van der Waals surface area contributed by atoms with Crippen molar-refractivity contribution in [3.05, 3.63) is 46.5 Å². The number of amides is 3. The van der Waals surface area contributed by atoms with Crippen molar-refractivity contribution < 1.29 is 43.2 Å². The maximum Gasteiger partial charge on any atom is 0.339 e. The minimum atomic E-state index is -1.24. The molecule has 1 aliphatic heterocycles. The fraction of sp³-hybridized carbons (Fsp3) is 0.407. The molecule has 40 heavy (non-hydrogen) atoms. The number of benzene rings is 2. The highest BCUT2D eigenvalue weighted by Gasteiger charge is 2.29. The number of ether oxygens (including phenoxy) is 4. The van der Waals surface area contributed by atoms with Crippen molar-refractivity contribution in [1.29, 1.82) is 0 Å². The van der Waals surface area contributed by atoms with Gasteiger partial charge in [0.15, 0.2) is 0 Å². The van der Waals surface area contributed by atoms with Gasteiger partial charge in [0, 0.05) is 44.4 Å². The van der Waals surface area contributed by atoms with E-state index in [2.05, 4.69) is 10.6 Å². The summed E-state index contributed by atoms with van der Waals surface area (Å²) in [7, 11) is 5.54. The second kappa shape index (κ2) is 13.5. The number of nitrogens with two attached hydrogens (primary N) is 1. The van der Waals surface area contributed by atoms with E-state index in [-0.39, 0.29) is 70.3 Å². The van der Waals surface area contributed by atoms with Crippen LogP contribution in [-0.2, 0) is 0 Å². The quantitative estimate of drug-likeness (QED) is 0.312. The van der Waals surface area contributed by atoms with Crippen molar-refractivity contribution in [3.63, 3.8) is 0 Å². The van der Waals surface area contributed by atoms with E-state index < -0.39 is 17.8 Å². The third-order valence-electron chi connectivity index (χ3n) is 6.54. The summed E-state index contributed by atoms with van der Waals surface area (Å²) in [6.07, 6.45) is 0.897. The Balaban J connectivity index is 1.74. The van der Waals surface area contributed by atoms with E-state index in [9.17, 15) is 24.3 Å². The lowest BCUT2D eigenvalue weighted by Crippen LogP contribution is -2.46. The summed E-state index contributed by atoms with van der Waals surface area (Å²) in [6, 6.07) is 5.23. The number of nitrogens with zero attached hydrogens (tertiary/aromatic N) is 1. The number of carboxylic acid groups (broad SMARTS) is 1. The van der Waals surface area contributed by atoms with E-state index >= 15 is 0 Å². The molecule has 0 bridgehead atoms. The number of piperidine rings is 1. The lowest BCUT2D eigenvalue weighted by atomic mass is 10.0. The maximum absolute atomic E-state index is 13.4. The van der Waals surface area contributed by atoms with Crippen LogP contribution in [0.5, 0.6) is 23.0 Å². The molecule has 1 fully saturated rings. The molecule has 0 radical (unpaired) electrons. The van der Waals surface area contributed by atoms with Gasteiger partial charge in [-0.25, -0.2) is 4.79 Å². The first-order valence-corrected chi connectivity index (χ1v) is 12.5. The van der Waals surface area contributed by atoms with Gasteiger partial charge in [0.1, 0.15) is 28.6 Å². The Kier molecular flexibility index (Phi) is 10.1. The average molecular weight is 559 g/mol. The molecule has 0 saturated carbocycles. The van der Waals surface area contributed by atoms with Crippen LogP contribution >= 0.6 is 0 Å². The molecular formula is C27H34N4O9. The van der Waals surface area contributed by atoms with Crippen molar-refractivity contribution in [2.24, 2.45) is 5.73 Å². The van der Waals surface area contributed by atoms with E-state index in [0.717, 1.165) is 0 Å². The number of hydrogen-bond acceptors (Lipinski definition) is 9. The van der Waals surface area contributed by atoms with Crippen molar-refractivity contribution in [3.8, 4) is 23.0 Å². The molecule has 5 N–H and O–H groups in total. The molecule has 13 nitrogen and oxygen atoms in total. The van der Waals surface area contributed by atoms with E-state index in [4.69, 9.17) is 24.7 Å². The summed E-state index contributed by atoms with van der Waals surface area (Å²) >= 11 is 0. The number of carboxylic acids is 1. The SMILES string of the molecule is COc1cc(OC)c(C(=O)NC2CCN(C(=O)c3cc(C(=O)NCCN)c(OC)cc3OC)CC2)cc1C(=O)O. The first-order chi connectivity index (χ1) is 19.2. The molecule has 3 amide bonds. The zero-order valence-electron chi connectivity index (χ0n) is 22.9. The topological polar surface area (TPSA) is 179 Å². The zero-order chi connectivity index (χ0) is 29.4. The third-order valence-corrected chi connectivity index (χ3v) is 6.54. The first kappa shape index (κ1) is 30.0. The maximum atomic E-state index is 13.4. The van der Waals surface area contributed by atoms with Gasteiger partial charge in [-0.1, -0.05) is 0 Å². The van der Waals surface area contributed by atoms with E-state index in [1.807, 2.05) is 0 Å². The molecule has 0 aliphatic carbocycles. The molecule has 1 saturated heterocycles. The summed E-state index contributed by atoms with van der Waals surface area (Å²) in [5, 5.41) is 15.1. The molecule has 3 rings (SSSR count). The van der Waals surface area contributed by atoms with Gasteiger partial charge in [-0.05, 0) is 25.0 Å². The van der Waals surface area contributed by atoms with Crippen molar-refractivity contribution in [2.75, 3.05) is 54.6 Å². The second-order valence-electron chi connectivity index (χ2n) is 8.90. The summed E-state index contributed by atoms with van der Waals surface area (Å²) in [4.78, 5) is 52.4. The molecule has 0 aromatic heterocycles. The predicted octanol–water partition coefficient (Wildman–Crippen LogP) is 1.14. The Labute approximate surface area is 231 Å². The monoisotopic (exact) mass is 558 g/mol. The van der Waals surface area contributed by atoms with E-state index in [1.54, 1.807) is 4.90 Å². The highest BCUT2D eigenvalue weighted by molar-refractivity contribution is 6.04. The van der Waals surface area contributed by atoms with Crippen LogP contribution in [0.2, 0.25) is 0 Å². The van der Waals surface area contributed by atoms with Crippen LogP contribution in [0, 0.1) is 0 Å². The Bertz CT molecular complexity index is 1270. The highest BCUT2D eigenvalue weighted by Crippen LogP contribution is 2.32. The zero-order valence-corrected chi connectivity index (χ0v) is 22.9. The van der Waals surface area contributed by atoms with Crippen LogP contribution in [0.4, 0.5) is 0 Å². The Hall–Kier alpha value is -4.52. The van der Waals surface area contributed by atoms with Gasteiger partial charge in [-0.2, -0.15) is 0 Å². The number of likely N-dealkylation sites (tertiary alicyclic amines) is 1. The predicted molar refractivity (Wildman–Crippen MR) is 144 cm³/mol. The molecular weight excluding hydrogens is 524 g/mol. The van der Waals surface area contributed by atoms with Crippen LogP contribution in [0.1, 0.15) is 54.3 Å². The van der Waals surface area contributed by atoms with Crippen LogP contribution < -0.4 is 35.3 Å². The van der Waals surface area contributed by atoms with E-state index in [0.29, 0.717) is 25.9 Å². The van der Waals surface area contributed by atoms with Crippen LogP contribution in [0.3, 0.4) is 0 Å². The van der Waals surface area contributed by atoms with Gasteiger partial charge in [-0.15, -0.1) is 0 Å². The van der Waals surface area contributed by atoms with Gasteiger partial charge in [0.25, 0.3) is 17.7 Å². The molecule has 1 aliphatic rings. The molecule has 0 spiro atoms.